The van der Waals surface area contributed by atoms with Crippen molar-refractivity contribution < 1.29 is 14.4 Å². The van der Waals surface area contributed by atoms with Gasteiger partial charge in [0.25, 0.3) is 5.56 Å². The third-order valence-electron chi connectivity index (χ3n) is 5.41. The van der Waals surface area contributed by atoms with E-state index in [0.717, 1.165) is 12.8 Å². The van der Waals surface area contributed by atoms with Crippen LogP contribution in [0.15, 0.2) is 27.5 Å². The van der Waals surface area contributed by atoms with E-state index in [2.05, 4.69) is 5.16 Å². The van der Waals surface area contributed by atoms with E-state index < -0.39 is 5.97 Å². The Morgan fingerprint density at radius 1 is 1.38 bits per heavy atom. The van der Waals surface area contributed by atoms with Crippen LogP contribution in [0.5, 0.6) is 0 Å². The summed E-state index contributed by atoms with van der Waals surface area (Å²) in [6, 6.07) is 5.42. The number of aryl methyl sites for hydroxylation is 1. The molecule has 136 valence electrons. The number of hydrogen-bond donors (Lipinski definition) is 1. The van der Waals surface area contributed by atoms with E-state index in [1.165, 1.54) is 0 Å². The molecule has 2 heterocycles. The summed E-state index contributed by atoms with van der Waals surface area (Å²) in [5, 5.41) is 15.0. The van der Waals surface area contributed by atoms with Gasteiger partial charge >= 0.3 is 5.97 Å². The second-order valence-corrected chi connectivity index (χ2v) is 7.49. The van der Waals surface area contributed by atoms with Crippen molar-refractivity contribution in [1.82, 2.24) is 9.72 Å². The van der Waals surface area contributed by atoms with E-state index in [0.29, 0.717) is 52.0 Å². The van der Waals surface area contributed by atoms with E-state index in [9.17, 15) is 14.7 Å². The van der Waals surface area contributed by atoms with Crippen molar-refractivity contribution in [2.45, 2.75) is 39.2 Å². The molecule has 0 radical (unpaired) electrons. The highest BCUT2D eigenvalue weighted by Gasteiger charge is 2.28. The molecule has 1 saturated carbocycles. The molecule has 1 fully saturated rings. The number of fused-ring (bicyclic) bond motifs is 3. The Balaban J connectivity index is 1.87. The Morgan fingerprint density at radius 2 is 2.19 bits per heavy atom. The molecule has 7 heteroatoms. The summed E-state index contributed by atoms with van der Waals surface area (Å²) in [7, 11) is 0. The number of rotatable bonds is 3. The Hall–Kier alpha value is -2.34. The second kappa shape index (κ2) is 6.43. The molecule has 2 aromatic heterocycles. The van der Waals surface area contributed by atoms with Gasteiger partial charge in [0.1, 0.15) is 16.7 Å². The molecule has 0 spiro atoms. The summed E-state index contributed by atoms with van der Waals surface area (Å²) < 4.78 is 6.96. The number of halogens is 1. The maximum Gasteiger partial charge on any atom is 0.306 e. The number of hydrogen-bond acceptors (Lipinski definition) is 4. The Kier molecular flexibility index (Phi) is 4.23. The highest BCUT2D eigenvalue weighted by molar-refractivity contribution is 6.37. The van der Waals surface area contributed by atoms with E-state index in [1.54, 1.807) is 23.6 Å². The molecule has 0 aliphatic heterocycles. The zero-order valence-electron chi connectivity index (χ0n) is 14.4. The van der Waals surface area contributed by atoms with Crippen LogP contribution >= 0.6 is 11.6 Å². The Labute approximate surface area is 154 Å². The molecule has 0 amide bonds. The molecule has 6 nitrogen and oxygen atoms in total. The SMILES string of the molecule is Cc1onc2c1c(=O)n(CC1CCCC(C(=O)O)C1)c1cccc(Cl)c21. The van der Waals surface area contributed by atoms with Gasteiger partial charge in [0, 0.05) is 11.9 Å². The summed E-state index contributed by atoms with van der Waals surface area (Å²) in [6.45, 7) is 2.19. The number of aromatic nitrogens is 2. The lowest BCUT2D eigenvalue weighted by Gasteiger charge is -2.27. The quantitative estimate of drug-likeness (QED) is 0.749. The maximum atomic E-state index is 13.1. The molecular weight excluding hydrogens is 356 g/mol. The minimum Gasteiger partial charge on any atom is -0.481 e. The number of nitrogens with zero attached hydrogens (tertiary/aromatic N) is 2. The second-order valence-electron chi connectivity index (χ2n) is 7.08. The molecule has 0 saturated heterocycles. The highest BCUT2D eigenvalue weighted by atomic mass is 35.5. The van der Waals surface area contributed by atoms with E-state index in [-0.39, 0.29) is 17.4 Å². The number of carboxylic acids is 1. The normalized spacial score (nSPS) is 20.7. The van der Waals surface area contributed by atoms with Crippen molar-refractivity contribution in [3.63, 3.8) is 0 Å². The molecule has 1 aliphatic carbocycles. The predicted octanol–water partition coefficient (Wildman–Crippen LogP) is 4.00. The average Bonchev–Trinajstić information content (AvgIpc) is 3.00. The molecule has 2 unspecified atom stereocenters. The lowest BCUT2D eigenvalue weighted by Crippen LogP contribution is -2.29. The van der Waals surface area contributed by atoms with Crippen LogP contribution in [0.2, 0.25) is 5.02 Å². The molecule has 4 rings (SSSR count). The molecule has 3 aromatic rings. The summed E-state index contributed by atoms with van der Waals surface area (Å²) in [4.78, 5) is 24.5. The van der Waals surface area contributed by atoms with Crippen molar-refractivity contribution in [3.05, 3.63) is 39.3 Å². The fourth-order valence-corrected chi connectivity index (χ4v) is 4.39. The van der Waals surface area contributed by atoms with Gasteiger partial charge in [-0.25, -0.2) is 0 Å². The maximum absolute atomic E-state index is 13.1. The minimum absolute atomic E-state index is 0.141. The van der Waals surface area contributed by atoms with Crippen LogP contribution in [-0.2, 0) is 11.3 Å². The Morgan fingerprint density at radius 3 is 2.96 bits per heavy atom. The van der Waals surface area contributed by atoms with Crippen LogP contribution in [0.3, 0.4) is 0 Å². The van der Waals surface area contributed by atoms with Crippen molar-refractivity contribution >= 4 is 39.4 Å². The number of pyridine rings is 1. The third kappa shape index (κ3) is 2.69. The molecular formula is C19H19ClN2O4. The topological polar surface area (TPSA) is 85.3 Å². The van der Waals surface area contributed by atoms with Gasteiger partial charge in [0.15, 0.2) is 0 Å². The fourth-order valence-electron chi connectivity index (χ4n) is 4.13. The van der Waals surface area contributed by atoms with Gasteiger partial charge in [-0.15, -0.1) is 0 Å². The van der Waals surface area contributed by atoms with E-state index in [1.807, 2.05) is 6.07 Å². The molecule has 1 aliphatic rings. The lowest BCUT2D eigenvalue weighted by molar-refractivity contribution is -0.143. The largest absolute Gasteiger partial charge is 0.481 e. The van der Waals surface area contributed by atoms with Crippen LogP contribution in [0.25, 0.3) is 21.8 Å². The van der Waals surface area contributed by atoms with Gasteiger partial charge < -0.3 is 14.2 Å². The first kappa shape index (κ1) is 17.1. The van der Waals surface area contributed by atoms with Gasteiger partial charge in [-0.2, -0.15) is 0 Å². The van der Waals surface area contributed by atoms with Crippen molar-refractivity contribution in [1.29, 1.82) is 0 Å². The minimum atomic E-state index is -0.750. The summed E-state index contributed by atoms with van der Waals surface area (Å²) in [5.74, 6) is -0.476. The number of carbonyl (C=O) groups is 1. The smallest absolute Gasteiger partial charge is 0.306 e. The number of benzene rings is 1. The zero-order chi connectivity index (χ0) is 18.4. The lowest BCUT2D eigenvalue weighted by atomic mass is 9.81. The zero-order valence-corrected chi connectivity index (χ0v) is 15.1. The van der Waals surface area contributed by atoms with Crippen LogP contribution in [-0.4, -0.2) is 20.8 Å². The summed E-state index contributed by atoms with van der Waals surface area (Å²) in [5.41, 5.74) is 1.03. The molecule has 1 aromatic carbocycles. The van der Waals surface area contributed by atoms with E-state index >= 15 is 0 Å². The van der Waals surface area contributed by atoms with Gasteiger partial charge in [-0.3, -0.25) is 9.59 Å². The molecule has 0 bridgehead atoms. The first-order valence-corrected chi connectivity index (χ1v) is 9.15. The van der Waals surface area contributed by atoms with Gasteiger partial charge in [0.2, 0.25) is 0 Å². The summed E-state index contributed by atoms with van der Waals surface area (Å²) >= 11 is 6.40. The van der Waals surface area contributed by atoms with Crippen LogP contribution in [0.4, 0.5) is 0 Å². The van der Waals surface area contributed by atoms with Gasteiger partial charge in [-0.1, -0.05) is 29.2 Å². The summed E-state index contributed by atoms with van der Waals surface area (Å²) in [6.07, 6.45) is 3.07. The number of carboxylic acid groups (broad SMARTS) is 1. The monoisotopic (exact) mass is 374 g/mol. The standard InChI is InChI=1S/C19H19ClN2O4/c1-10-15-17(21-26-10)16-13(20)6-3-7-14(16)22(18(15)23)9-11-4-2-5-12(8-11)19(24)25/h3,6-7,11-12H,2,4-5,8-9H2,1H3,(H,24,25). The van der Waals surface area contributed by atoms with Crippen LogP contribution in [0, 0.1) is 18.8 Å². The van der Waals surface area contributed by atoms with Crippen molar-refractivity contribution in [3.8, 4) is 0 Å². The molecule has 2 atom stereocenters. The third-order valence-corrected chi connectivity index (χ3v) is 5.73. The average molecular weight is 375 g/mol. The van der Waals surface area contributed by atoms with Crippen molar-refractivity contribution in [2.24, 2.45) is 11.8 Å². The first-order valence-electron chi connectivity index (χ1n) is 8.77. The van der Waals surface area contributed by atoms with Crippen molar-refractivity contribution in [2.75, 3.05) is 0 Å². The van der Waals surface area contributed by atoms with Crippen LogP contribution < -0.4 is 5.56 Å². The highest BCUT2D eigenvalue weighted by Crippen LogP contribution is 2.33. The first-order chi connectivity index (χ1) is 12.5. The van der Waals surface area contributed by atoms with Gasteiger partial charge in [-0.05, 0) is 44.2 Å². The Bertz CT molecular complexity index is 1070. The van der Waals surface area contributed by atoms with E-state index in [4.69, 9.17) is 16.1 Å². The molecule has 1 N–H and O–H groups in total. The number of aliphatic carboxylic acids is 1. The fraction of sp³-hybridized carbons (Fsp3) is 0.421. The van der Waals surface area contributed by atoms with Gasteiger partial charge in [0.05, 0.1) is 16.5 Å². The molecule has 26 heavy (non-hydrogen) atoms. The van der Waals surface area contributed by atoms with Crippen LogP contribution in [0.1, 0.15) is 31.4 Å². The predicted molar refractivity (Wildman–Crippen MR) is 98.6 cm³/mol.